The van der Waals surface area contributed by atoms with Crippen LogP contribution in [0.1, 0.15) is 64.9 Å². The third-order valence-electron chi connectivity index (χ3n) is 8.46. The van der Waals surface area contributed by atoms with Gasteiger partial charge in [-0.25, -0.2) is 9.78 Å². The SMILES string of the molecule is Cc1c(Cc2ccccc2)nc(C(Cc2ccccc2)NC(=O)OCc2ccccc2)n1[C@H](CCc1ccccc1)C1OC(C)O1. The van der Waals surface area contributed by atoms with Gasteiger partial charge in [0.15, 0.2) is 12.6 Å². The first-order chi connectivity index (χ1) is 22.5. The summed E-state index contributed by atoms with van der Waals surface area (Å²) in [5.74, 6) is 0.758. The molecule has 1 aliphatic rings. The molecular formula is C39H41N3O4. The Kier molecular flexibility index (Phi) is 10.2. The summed E-state index contributed by atoms with van der Waals surface area (Å²) in [5, 5.41) is 3.18. The van der Waals surface area contributed by atoms with Crippen LogP contribution in [0.3, 0.4) is 0 Å². The Morgan fingerprint density at radius 3 is 1.93 bits per heavy atom. The van der Waals surface area contributed by atoms with Crippen LogP contribution in [0.2, 0.25) is 0 Å². The van der Waals surface area contributed by atoms with Gasteiger partial charge in [-0.3, -0.25) is 0 Å². The van der Waals surface area contributed by atoms with Crippen LogP contribution >= 0.6 is 0 Å². The number of rotatable bonds is 13. The van der Waals surface area contributed by atoms with E-state index in [2.05, 4.69) is 65.3 Å². The van der Waals surface area contributed by atoms with Gasteiger partial charge in [-0.2, -0.15) is 0 Å². The van der Waals surface area contributed by atoms with Gasteiger partial charge in [0.05, 0.1) is 17.8 Å². The maximum atomic E-state index is 13.4. The fourth-order valence-corrected chi connectivity index (χ4v) is 6.08. The van der Waals surface area contributed by atoms with Crippen molar-refractivity contribution in [1.82, 2.24) is 14.9 Å². The second kappa shape index (κ2) is 15.0. The molecule has 4 aromatic carbocycles. The van der Waals surface area contributed by atoms with Gasteiger partial charge in [0.2, 0.25) is 0 Å². The monoisotopic (exact) mass is 615 g/mol. The Labute approximate surface area is 271 Å². The van der Waals surface area contributed by atoms with Crippen LogP contribution in [-0.4, -0.2) is 28.2 Å². The molecule has 1 aliphatic heterocycles. The van der Waals surface area contributed by atoms with E-state index < -0.39 is 18.4 Å². The van der Waals surface area contributed by atoms with E-state index in [0.717, 1.165) is 41.2 Å². The molecule has 5 aromatic rings. The maximum absolute atomic E-state index is 13.4. The van der Waals surface area contributed by atoms with E-state index in [1.807, 2.05) is 79.7 Å². The molecule has 2 heterocycles. The molecule has 2 atom stereocenters. The summed E-state index contributed by atoms with van der Waals surface area (Å²) < 4.78 is 20.3. The van der Waals surface area contributed by atoms with Crippen LogP contribution in [0.4, 0.5) is 4.79 Å². The van der Waals surface area contributed by atoms with Crippen molar-refractivity contribution in [1.29, 1.82) is 0 Å². The van der Waals surface area contributed by atoms with Crippen molar-refractivity contribution in [3.8, 4) is 0 Å². The van der Waals surface area contributed by atoms with E-state index in [4.69, 9.17) is 19.2 Å². The molecule has 236 valence electrons. The van der Waals surface area contributed by atoms with Gasteiger partial charge < -0.3 is 24.1 Å². The predicted molar refractivity (Wildman–Crippen MR) is 178 cm³/mol. The molecule has 0 saturated carbocycles. The van der Waals surface area contributed by atoms with Gasteiger partial charge in [-0.05, 0) is 48.9 Å². The molecule has 7 heteroatoms. The molecule has 6 rings (SSSR count). The molecule has 0 spiro atoms. The number of ether oxygens (including phenoxy) is 3. The lowest BCUT2D eigenvalue weighted by molar-refractivity contribution is -0.389. The number of carbonyl (C=O) groups is 1. The maximum Gasteiger partial charge on any atom is 0.408 e. The lowest BCUT2D eigenvalue weighted by atomic mass is 10.0. The topological polar surface area (TPSA) is 74.6 Å². The highest BCUT2D eigenvalue weighted by atomic mass is 16.9. The molecule has 1 saturated heterocycles. The molecule has 1 aromatic heterocycles. The summed E-state index contributed by atoms with van der Waals surface area (Å²) in [6.45, 7) is 4.20. The number of benzene rings is 4. The number of aryl methyl sites for hydroxylation is 1. The Balaban J connectivity index is 1.38. The fraction of sp³-hybridized carbons (Fsp3) is 0.282. The highest BCUT2D eigenvalue weighted by molar-refractivity contribution is 5.68. The number of nitrogens with zero attached hydrogens (tertiary/aromatic N) is 2. The lowest BCUT2D eigenvalue weighted by Gasteiger charge is -2.41. The van der Waals surface area contributed by atoms with Crippen LogP contribution in [0.25, 0.3) is 0 Å². The van der Waals surface area contributed by atoms with Crippen LogP contribution in [0.15, 0.2) is 121 Å². The first-order valence-corrected chi connectivity index (χ1v) is 16.0. The molecule has 0 bridgehead atoms. The number of nitrogens with one attached hydrogen (secondary N) is 1. The summed E-state index contributed by atoms with van der Waals surface area (Å²) in [6.07, 6.45) is 1.61. The van der Waals surface area contributed by atoms with Gasteiger partial charge in [0.25, 0.3) is 0 Å². The largest absolute Gasteiger partial charge is 0.445 e. The molecule has 1 unspecified atom stereocenters. The first-order valence-electron chi connectivity index (χ1n) is 16.0. The van der Waals surface area contributed by atoms with E-state index in [9.17, 15) is 4.79 Å². The molecule has 46 heavy (non-hydrogen) atoms. The fourth-order valence-electron chi connectivity index (χ4n) is 6.08. The van der Waals surface area contributed by atoms with Crippen LogP contribution in [0, 0.1) is 6.92 Å². The van der Waals surface area contributed by atoms with Gasteiger partial charge >= 0.3 is 6.09 Å². The normalized spacial score (nSPS) is 17.1. The van der Waals surface area contributed by atoms with Crippen molar-refractivity contribution in [3.63, 3.8) is 0 Å². The van der Waals surface area contributed by atoms with E-state index in [-0.39, 0.29) is 18.9 Å². The minimum atomic E-state index is -0.493. The van der Waals surface area contributed by atoms with Crippen molar-refractivity contribution >= 4 is 6.09 Å². The third-order valence-corrected chi connectivity index (χ3v) is 8.46. The number of hydrogen-bond acceptors (Lipinski definition) is 5. The number of carbonyl (C=O) groups excluding carboxylic acids is 1. The Morgan fingerprint density at radius 2 is 1.35 bits per heavy atom. The highest BCUT2D eigenvalue weighted by Crippen LogP contribution is 2.36. The Morgan fingerprint density at radius 1 is 0.804 bits per heavy atom. The minimum absolute atomic E-state index is 0.163. The average molecular weight is 616 g/mol. The van der Waals surface area contributed by atoms with Crippen LogP contribution in [0.5, 0.6) is 0 Å². The van der Waals surface area contributed by atoms with E-state index in [1.54, 1.807) is 0 Å². The molecule has 0 radical (unpaired) electrons. The zero-order valence-corrected chi connectivity index (χ0v) is 26.4. The average Bonchev–Trinajstić information content (AvgIpc) is 3.39. The predicted octanol–water partition coefficient (Wildman–Crippen LogP) is 7.89. The van der Waals surface area contributed by atoms with Crippen LogP contribution < -0.4 is 5.32 Å². The quantitative estimate of drug-likeness (QED) is 0.146. The standard InChI is InChI=1S/C39H41N3O4/c1-28-34(25-31-17-9-4-10-18-31)40-37(42(28)36(38-45-29(2)46-38)24-23-30-15-7-3-8-16-30)35(26-32-19-11-5-12-20-32)41-39(43)44-27-33-21-13-6-14-22-33/h3-22,29,35-36,38H,23-27H2,1-2H3,(H,41,43)/t29?,35?,36-,38?/m1/s1. The van der Waals surface area contributed by atoms with Crippen molar-refractivity contribution in [2.75, 3.05) is 0 Å². The van der Waals surface area contributed by atoms with Crippen molar-refractivity contribution < 1.29 is 19.0 Å². The molecule has 1 N–H and O–H groups in total. The summed E-state index contributed by atoms with van der Waals surface area (Å²) in [4.78, 5) is 18.7. The highest BCUT2D eigenvalue weighted by Gasteiger charge is 2.39. The van der Waals surface area contributed by atoms with E-state index >= 15 is 0 Å². The second-order valence-electron chi connectivity index (χ2n) is 11.8. The molecule has 1 amide bonds. The lowest BCUT2D eigenvalue weighted by Crippen LogP contribution is -2.46. The number of alkyl carbamates (subject to hydrolysis) is 1. The smallest absolute Gasteiger partial charge is 0.408 e. The molecule has 1 fully saturated rings. The Hall–Kier alpha value is -4.72. The zero-order chi connectivity index (χ0) is 31.7. The summed E-state index contributed by atoms with van der Waals surface area (Å²) in [5.41, 5.74) is 6.40. The summed E-state index contributed by atoms with van der Waals surface area (Å²) in [6, 6.07) is 40.0. The minimum Gasteiger partial charge on any atom is -0.445 e. The van der Waals surface area contributed by atoms with E-state index in [1.165, 1.54) is 11.1 Å². The number of aromatic nitrogens is 2. The number of amides is 1. The van der Waals surface area contributed by atoms with Crippen molar-refractivity contribution in [3.05, 3.63) is 161 Å². The van der Waals surface area contributed by atoms with Crippen molar-refractivity contribution in [2.45, 2.75) is 70.8 Å². The van der Waals surface area contributed by atoms with Crippen LogP contribution in [-0.2, 0) is 40.1 Å². The van der Waals surface area contributed by atoms with Gasteiger partial charge in [-0.1, -0.05) is 121 Å². The number of imidazole rings is 1. The summed E-state index contributed by atoms with van der Waals surface area (Å²) in [7, 11) is 0. The second-order valence-corrected chi connectivity index (χ2v) is 11.8. The van der Waals surface area contributed by atoms with Gasteiger partial charge in [0.1, 0.15) is 12.4 Å². The third kappa shape index (κ3) is 7.91. The first kappa shape index (κ1) is 31.3. The van der Waals surface area contributed by atoms with Gasteiger partial charge in [-0.15, -0.1) is 0 Å². The van der Waals surface area contributed by atoms with E-state index in [0.29, 0.717) is 12.8 Å². The number of hydrogen-bond donors (Lipinski definition) is 1. The summed E-state index contributed by atoms with van der Waals surface area (Å²) >= 11 is 0. The van der Waals surface area contributed by atoms with Gasteiger partial charge in [0, 0.05) is 18.5 Å². The molecule has 7 nitrogen and oxygen atoms in total. The molecular weight excluding hydrogens is 574 g/mol. The zero-order valence-electron chi connectivity index (χ0n) is 26.4. The van der Waals surface area contributed by atoms with Crippen molar-refractivity contribution in [2.24, 2.45) is 0 Å². The molecule has 0 aliphatic carbocycles. The Bertz CT molecular complexity index is 1670.